The van der Waals surface area contributed by atoms with E-state index in [9.17, 15) is 4.79 Å². The second-order valence-electron chi connectivity index (χ2n) is 5.00. The molecule has 0 aliphatic heterocycles. The van der Waals surface area contributed by atoms with Gasteiger partial charge in [0, 0.05) is 23.5 Å². The summed E-state index contributed by atoms with van der Waals surface area (Å²) in [6.07, 6.45) is 1.69. The molecule has 2 aromatic carbocycles. The van der Waals surface area contributed by atoms with Crippen molar-refractivity contribution in [2.75, 3.05) is 19.0 Å². The number of hydrogen-bond donors (Lipinski definition) is 2. The fraction of sp³-hybridized carbons (Fsp3) is 0.167. The highest BCUT2D eigenvalue weighted by molar-refractivity contribution is 6.14. The molecule has 2 N–H and O–H groups in total. The number of fused-ring (bicyclic) bond motifs is 1. The van der Waals surface area contributed by atoms with Crippen LogP contribution in [0.1, 0.15) is 17.3 Å². The third-order valence-corrected chi connectivity index (χ3v) is 3.54. The summed E-state index contributed by atoms with van der Waals surface area (Å²) in [5, 5.41) is 3.66. The van der Waals surface area contributed by atoms with Gasteiger partial charge in [0.25, 0.3) is 5.91 Å². The number of aromatic amines is 1. The normalized spacial score (nSPS) is 10.5. The summed E-state index contributed by atoms with van der Waals surface area (Å²) >= 11 is 0. The number of carbonyl (C=O) groups is 1. The number of H-pyrrole nitrogens is 1. The van der Waals surface area contributed by atoms with E-state index in [2.05, 4.69) is 10.3 Å². The Morgan fingerprint density at radius 1 is 1.22 bits per heavy atom. The van der Waals surface area contributed by atoms with Gasteiger partial charge in [0.1, 0.15) is 11.5 Å². The topological polar surface area (TPSA) is 63.3 Å². The first-order valence-corrected chi connectivity index (χ1v) is 7.41. The summed E-state index contributed by atoms with van der Waals surface area (Å²) in [6.45, 7) is 2.50. The molecule has 5 nitrogen and oxygen atoms in total. The van der Waals surface area contributed by atoms with Crippen molar-refractivity contribution in [1.82, 2.24) is 4.98 Å². The van der Waals surface area contributed by atoms with Crippen LogP contribution in [-0.2, 0) is 0 Å². The molecule has 23 heavy (non-hydrogen) atoms. The number of benzene rings is 2. The molecule has 0 atom stereocenters. The van der Waals surface area contributed by atoms with Gasteiger partial charge in [-0.25, -0.2) is 0 Å². The van der Waals surface area contributed by atoms with Gasteiger partial charge in [-0.15, -0.1) is 0 Å². The molecule has 3 rings (SSSR count). The molecule has 0 saturated carbocycles. The molecule has 0 saturated heterocycles. The number of carbonyl (C=O) groups excluding carboxylic acids is 1. The predicted molar refractivity (Wildman–Crippen MR) is 90.4 cm³/mol. The summed E-state index contributed by atoms with van der Waals surface area (Å²) in [5.74, 6) is 1.19. The maximum atomic E-state index is 12.6. The molecule has 5 heteroatoms. The molecule has 0 radical (unpaired) electrons. The first-order valence-electron chi connectivity index (χ1n) is 7.41. The van der Waals surface area contributed by atoms with E-state index in [0.717, 1.165) is 16.7 Å². The molecule has 0 aliphatic carbocycles. The molecule has 0 spiro atoms. The molecule has 0 fully saturated rings. The first-order chi connectivity index (χ1) is 11.2. The number of anilines is 1. The van der Waals surface area contributed by atoms with Crippen LogP contribution < -0.4 is 14.8 Å². The number of rotatable bonds is 5. The molecule has 1 heterocycles. The van der Waals surface area contributed by atoms with Crippen LogP contribution >= 0.6 is 0 Å². The number of aromatic nitrogens is 1. The Hall–Kier alpha value is -2.95. The lowest BCUT2D eigenvalue weighted by atomic mass is 10.1. The van der Waals surface area contributed by atoms with Crippen molar-refractivity contribution in [3.63, 3.8) is 0 Å². The summed E-state index contributed by atoms with van der Waals surface area (Å²) in [4.78, 5) is 15.7. The van der Waals surface area contributed by atoms with E-state index in [0.29, 0.717) is 23.6 Å². The van der Waals surface area contributed by atoms with E-state index in [1.54, 1.807) is 19.4 Å². The van der Waals surface area contributed by atoms with Crippen molar-refractivity contribution in [3.8, 4) is 11.5 Å². The van der Waals surface area contributed by atoms with Crippen LogP contribution in [0.2, 0.25) is 0 Å². The van der Waals surface area contributed by atoms with E-state index < -0.39 is 0 Å². The Balaban J connectivity index is 1.91. The van der Waals surface area contributed by atoms with Gasteiger partial charge < -0.3 is 19.8 Å². The molecular formula is C18H18N2O3. The fourth-order valence-corrected chi connectivity index (χ4v) is 2.53. The molecular weight excluding hydrogens is 292 g/mol. The highest BCUT2D eigenvalue weighted by atomic mass is 16.5. The second kappa shape index (κ2) is 6.44. The molecule has 1 amide bonds. The van der Waals surface area contributed by atoms with Crippen molar-refractivity contribution in [2.24, 2.45) is 0 Å². The van der Waals surface area contributed by atoms with Gasteiger partial charge >= 0.3 is 0 Å². The minimum atomic E-state index is -0.200. The van der Waals surface area contributed by atoms with Crippen molar-refractivity contribution >= 4 is 22.5 Å². The Labute approximate surface area is 134 Å². The largest absolute Gasteiger partial charge is 0.496 e. The van der Waals surface area contributed by atoms with Gasteiger partial charge in [-0.1, -0.05) is 12.1 Å². The SMILES string of the molecule is CCOc1cccc(NC(=O)c2c[nH]c3cccc(OC)c23)c1. The smallest absolute Gasteiger partial charge is 0.257 e. The third-order valence-electron chi connectivity index (χ3n) is 3.54. The van der Waals surface area contributed by atoms with Crippen LogP contribution in [0.15, 0.2) is 48.7 Å². The third kappa shape index (κ3) is 2.99. The maximum Gasteiger partial charge on any atom is 0.257 e. The van der Waals surface area contributed by atoms with Crippen molar-refractivity contribution in [2.45, 2.75) is 6.92 Å². The van der Waals surface area contributed by atoms with E-state index >= 15 is 0 Å². The summed E-state index contributed by atoms with van der Waals surface area (Å²) < 4.78 is 10.8. The summed E-state index contributed by atoms with van der Waals surface area (Å²) in [6, 6.07) is 12.9. The van der Waals surface area contributed by atoms with Gasteiger partial charge in [-0.05, 0) is 31.2 Å². The van der Waals surface area contributed by atoms with Crippen LogP contribution in [0.5, 0.6) is 11.5 Å². The molecule has 3 aromatic rings. The van der Waals surface area contributed by atoms with Gasteiger partial charge in [-0.3, -0.25) is 4.79 Å². The van der Waals surface area contributed by atoms with E-state index in [4.69, 9.17) is 9.47 Å². The number of hydrogen-bond acceptors (Lipinski definition) is 3. The quantitative estimate of drug-likeness (QED) is 0.753. The Bertz CT molecular complexity index is 839. The van der Waals surface area contributed by atoms with Gasteiger partial charge in [0.2, 0.25) is 0 Å². The zero-order valence-corrected chi connectivity index (χ0v) is 13.1. The van der Waals surface area contributed by atoms with Crippen molar-refractivity contribution < 1.29 is 14.3 Å². The molecule has 0 bridgehead atoms. The molecule has 0 aliphatic rings. The van der Waals surface area contributed by atoms with Crippen LogP contribution in [-0.4, -0.2) is 24.6 Å². The standard InChI is InChI=1S/C18H18N2O3/c1-3-23-13-7-4-6-12(10-13)20-18(21)14-11-19-15-8-5-9-16(22-2)17(14)15/h4-11,19H,3H2,1-2H3,(H,20,21). The van der Waals surface area contributed by atoms with Crippen LogP contribution in [0.4, 0.5) is 5.69 Å². The summed E-state index contributed by atoms with van der Waals surface area (Å²) in [5.41, 5.74) is 2.09. The molecule has 1 aromatic heterocycles. The van der Waals surface area contributed by atoms with Crippen LogP contribution in [0.3, 0.4) is 0 Å². The maximum absolute atomic E-state index is 12.6. The monoisotopic (exact) mass is 310 g/mol. The lowest BCUT2D eigenvalue weighted by Gasteiger charge is -2.08. The average Bonchev–Trinajstić information content (AvgIpc) is 2.99. The van der Waals surface area contributed by atoms with Crippen LogP contribution in [0.25, 0.3) is 10.9 Å². The Morgan fingerprint density at radius 2 is 2.04 bits per heavy atom. The van der Waals surface area contributed by atoms with Gasteiger partial charge in [0.15, 0.2) is 0 Å². The average molecular weight is 310 g/mol. The van der Waals surface area contributed by atoms with Gasteiger partial charge in [0.05, 0.1) is 24.7 Å². The molecule has 0 unspecified atom stereocenters. The minimum Gasteiger partial charge on any atom is -0.496 e. The zero-order valence-electron chi connectivity index (χ0n) is 13.1. The second-order valence-corrected chi connectivity index (χ2v) is 5.00. The number of methoxy groups -OCH3 is 1. The summed E-state index contributed by atoms with van der Waals surface area (Å²) in [7, 11) is 1.59. The fourth-order valence-electron chi connectivity index (χ4n) is 2.53. The number of amides is 1. The number of ether oxygens (including phenoxy) is 2. The van der Waals surface area contributed by atoms with Crippen molar-refractivity contribution in [1.29, 1.82) is 0 Å². The van der Waals surface area contributed by atoms with Gasteiger partial charge in [-0.2, -0.15) is 0 Å². The van der Waals surface area contributed by atoms with Crippen molar-refractivity contribution in [3.05, 3.63) is 54.2 Å². The van der Waals surface area contributed by atoms with Crippen LogP contribution in [0, 0.1) is 0 Å². The highest BCUT2D eigenvalue weighted by Gasteiger charge is 2.15. The number of nitrogens with one attached hydrogen (secondary N) is 2. The predicted octanol–water partition coefficient (Wildman–Crippen LogP) is 3.83. The lowest BCUT2D eigenvalue weighted by Crippen LogP contribution is -2.11. The van der Waals surface area contributed by atoms with E-state index in [1.807, 2.05) is 43.3 Å². The Kier molecular flexibility index (Phi) is 4.19. The first kappa shape index (κ1) is 15.0. The van der Waals surface area contributed by atoms with E-state index in [1.165, 1.54) is 0 Å². The van der Waals surface area contributed by atoms with E-state index in [-0.39, 0.29) is 5.91 Å². The molecule has 118 valence electrons. The Morgan fingerprint density at radius 3 is 2.83 bits per heavy atom. The zero-order chi connectivity index (χ0) is 16.2. The lowest BCUT2D eigenvalue weighted by molar-refractivity contribution is 0.102. The minimum absolute atomic E-state index is 0.200. The highest BCUT2D eigenvalue weighted by Crippen LogP contribution is 2.29.